The summed E-state index contributed by atoms with van der Waals surface area (Å²) in [7, 11) is 0. The fourth-order valence-electron chi connectivity index (χ4n) is 4.95. The Hall–Kier alpha value is -3.63. The van der Waals surface area contributed by atoms with Gasteiger partial charge in [0.1, 0.15) is 5.69 Å². The number of halogens is 2. The summed E-state index contributed by atoms with van der Waals surface area (Å²) < 4.78 is 30.8. The molecule has 5 rings (SSSR count). The third kappa shape index (κ3) is 6.43. The number of fused-ring (bicyclic) bond motifs is 1. The van der Waals surface area contributed by atoms with Crippen LogP contribution in [0.1, 0.15) is 85.4 Å². The number of alkyl halides is 2. The van der Waals surface area contributed by atoms with Gasteiger partial charge in [-0.3, -0.25) is 14.3 Å². The van der Waals surface area contributed by atoms with Gasteiger partial charge < -0.3 is 10.6 Å². The summed E-state index contributed by atoms with van der Waals surface area (Å²) in [5.74, 6) is -2.88. The number of hydrogen-bond acceptors (Lipinski definition) is 5. The highest BCUT2D eigenvalue weighted by Gasteiger charge is 2.39. The molecule has 1 aliphatic heterocycles. The van der Waals surface area contributed by atoms with Gasteiger partial charge in [-0.2, -0.15) is 10.2 Å². The first-order valence-corrected chi connectivity index (χ1v) is 13.2. The maximum Gasteiger partial charge on any atom is 0.270 e. The van der Waals surface area contributed by atoms with Gasteiger partial charge in [0, 0.05) is 44.1 Å². The van der Waals surface area contributed by atoms with Crippen LogP contribution >= 0.6 is 0 Å². The molecule has 11 heteroatoms. The molecule has 0 aromatic carbocycles. The summed E-state index contributed by atoms with van der Waals surface area (Å²) >= 11 is 0. The number of imidazole rings is 1. The molecule has 3 aromatic heterocycles. The molecule has 0 bridgehead atoms. The van der Waals surface area contributed by atoms with Crippen LogP contribution in [-0.2, 0) is 11.3 Å². The number of amides is 2. The molecule has 9 nitrogen and oxygen atoms in total. The van der Waals surface area contributed by atoms with E-state index in [0.717, 1.165) is 37.1 Å². The fraction of sp³-hybridized carbons (Fsp3) is 0.519. The lowest BCUT2D eigenvalue weighted by Crippen LogP contribution is -2.38. The molecule has 2 N–H and O–H groups in total. The molecular weight excluding hydrogens is 492 g/mol. The van der Waals surface area contributed by atoms with Crippen LogP contribution in [0.25, 0.3) is 11.7 Å². The smallest absolute Gasteiger partial charge is 0.270 e. The molecule has 2 aliphatic rings. The van der Waals surface area contributed by atoms with Crippen molar-refractivity contribution in [1.82, 2.24) is 35.0 Å². The van der Waals surface area contributed by atoms with Gasteiger partial charge >= 0.3 is 0 Å². The topological polar surface area (TPSA) is 106 Å². The lowest BCUT2D eigenvalue weighted by atomic mass is 9.81. The second kappa shape index (κ2) is 11.8. The monoisotopic (exact) mass is 527 g/mol. The average Bonchev–Trinajstić information content (AvgIpc) is 3.54. The van der Waals surface area contributed by atoms with Gasteiger partial charge in [-0.05, 0) is 57.6 Å². The summed E-state index contributed by atoms with van der Waals surface area (Å²) in [6.45, 7) is 9.02. The van der Waals surface area contributed by atoms with Crippen molar-refractivity contribution in [3.8, 4) is 0 Å². The number of nitrogens with one attached hydrogen (secondary N) is 2. The Labute approximate surface area is 220 Å². The summed E-state index contributed by atoms with van der Waals surface area (Å²) in [5.41, 5.74) is 3.33. The van der Waals surface area contributed by atoms with Crippen molar-refractivity contribution in [2.24, 2.45) is 5.92 Å². The Balaban J connectivity index is 0.000000417. The van der Waals surface area contributed by atoms with Gasteiger partial charge in [0.15, 0.2) is 5.65 Å². The highest BCUT2D eigenvalue weighted by molar-refractivity contribution is 5.92. The van der Waals surface area contributed by atoms with Crippen molar-refractivity contribution >= 4 is 23.5 Å². The Kier molecular flexibility index (Phi) is 8.53. The molecule has 0 spiro atoms. The highest BCUT2D eigenvalue weighted by atomic mass is 19.3. The van der Waals surface area contributed by atoms with E-state index in [9.17, 15) is 18.4 Å². The van der Waals surface area contributed by atoms with Crippen LogP contribution in [-0.4, -0.2) is 48.7 Å². The van der Waals surface area contributed by atoms with E-state index in [-0.39, 0.29) is 30.6 Å². The molecule has 1 saturated heterocycles. The second-order valence-corrected chi connectivity index (χ2v) is 9.84. The van der Waals surface area contributed by atoms with Gasteiger partial charge in [-0.25, -0.2) is 18.3 Å². The minimum Gasteiger partial charge on any atom is -0.356 e. The van der Waals surface area contributed by atoms with E-state index in [1.807, 2.05) is 19.9 Å². The molecule has 0 radical (unpaired) electrons. The molecule has 2 fully saturated rings. The molecule has 1 aliphatic carbocycles. The fourth-order valence-corrected chi connectivity index (χ4v) is 4.95. The SMILES string of the molecule is C=Cc1cc2nc(C(NC(=O)c3ccnn3CC)C3CCC(F)(F)CC3)cn2nc1C.O=C1CCCCN1. The van der Waals surface area contributed by atoms with Crippen molar-refractivity contribution in [2.75, 3.05) is 6.54 Å². The van der Waals surface area contributed by atoms with Crippen LogP contribution in [0.4, 0.5) is 8.78 Å². The summed E-state index contributed by atoms with van der Waals surface area (Å²) in [5, 5.41) is 14.4. The van der Waals surface area contributed by atoms with Crippen LogP contribution in [0.3, 0.4) is 0 Å². The number of aryl methyl sites for hydroxylation is 2. The molecule has 4 heterocycles. The molecule has 2 amide bonds. The first kappa shape index (κ1) is 27.4. The Bertz CT molecular complexity index is 1280. The maximum absolute atomic E-state index is 13.8. The van der Waals surface area contributed by atoms with Crippen molar-refractivity contribution in [3.63, 3.8) is 0 Å². The van der Waals surface area contributed by atoms with E-state index in [1.165, 1.54) is 0 Å². The van der Waals surface area contributed by atoms with E-state index >= 15 is 0 Å². The number of nitrogens with zero attached hydrogens (tertiary/aromatic N) is 5. The number of hydrogen-bond donors (Lipinski definition) is 2. The average molecular weight is 528 g/mol. The molecule has 1 unspecified atom stereocenters. The third-order valence-corrected chi connectivity index (χ3v) is 7.15. The normalized spacial score (nSPS) is 18.3. The van der Waals surface area contributed by atoms with E-state index in [1.54, 1.807) is 33.7 Å². The number of aromatic nitrogens is 5. The van der Waals surface area contributed by atoms with Gasteiger partial charge in [-0.1, -0.05) is 12.7 Å². The van der Waals surface area contributed by atoms with Gasteiger partial charge in [0.2, 0.25) is 11.8 Å². The first-order valence-electron chi connectivity index (χ1n) is 13.2. The van der Waals surface area contributed by atoms with Crippen LogP contribution in [0.15, 0.2) is 31.1 Å². The Morgan fingerprint density at radius 1 is 1.34 bits per heavy atom. The molecule has 1 atom stereocenters. The molecule has 38 heavy (non-hydrogen) atoms. The molecule has 204 valence electrons. The zero-order chi connectivity index (χ0) is 27.3. The molecular formula is C27H35F2N7O2. The third-order valence-electron chi connectivity index (χ3n) is 7.15. The number of piperidine rings is 1. The highest BCUT2D eigenvalue weighted by Crippen LogP contribution is 2.41. The second-order valence-electron chi connectivity index (χ2n) is 9.84. The maximum atomic E-state index is 13.8. The Morgan fingerprint density at radius 3 is 2.71 bits per heavy atom. The Morgan fingerprint density at radius 2 is 2.11 bits per heavy atom. The molecule has 3 aromatic rings. The van der Waals surface area contributed by atoms with Gasteiger partial charge in [-0.15, -0.1) is 0 Å². The minimum absolute atomic E-state index is 0.147. The quantitative estimate of drug-likeness (QED) is 0.492. The zero-order valence-corrected chi connectivity index (χ0v) is 21.9. The lowest BCUT2D eigenvalue weighted by molar-refractivity contribution is -0.122. The number of carbonyl (C=O) groups excluding carboxylic acids is 2. The van der Waals surface area contributed by atoms with Gasteiger partial charge in [0.25, 0.3) is 5.91 Å². The lowest BCUT2D eigenvalue weighted by Gasteiger charge is -2.33. The number of rotatable bonds is 6. The minimum atomic E-state index is -2.65. The van der Waals surface area contributed by atoms with Crippen LogP contribution in [0, 0.1) is 12.8 Å². The van der Waals surface area contributed by atoms with Crippen LogP contribution < -0.4 is 10.6 Å². The van der Waals surface area contributed by atoms with Crippen molar-refractivity contribution in [1.29, 1.82) is 0 Å². The van der Waals surface area contributed by atoms with E-state index in [4.69, 9.17) is 0 Å². The zero-order valence-electron chi connectivity index (χ0n) is 21.9. The summed E-state index contributed by atoms with van der Waals surface area (Å²) in [6.07, 6.45) is 8.26. The first-order chi connectivity index (χ1) is 18.2. The van der Waals surface area contributed by atoms with Crippen molar-refractivity contribution in [2.45, 2.75) is 77.3 Å². The summed E-state index contributed by atoms with van der Waals surface area (Å²) in [6, 6.07) is 3.02. The molecule has 1 saturated carbocycles. The largest absolute Gasteiger partial charge is 0.356 e. The standard InChI is InChI=1S/C22H26F2N6O.C5H9NO/c1-4-15-12-19-26-17(13-30(19)28-14(15)3)20(16-6-9-22(23,24)10-7-16)27-21(31)18-8-11-25-29(18)5-2;7-5-3-1-2-4-6-5/h4,8,11-13,16,20H,1,5-7,9-10H2,2-3H3,(H,27,31);1-4H2,(H,6,7). The van der Waals surface area contributed by atoms with Crippen molar-refractivity contribution < 1.29 is 18.4 Å². The van der Waals surface area contributed by atoms with E-state index in [0.29, 0.717) is 36.4 Å². The number of carbonyl (C=O) groups is 2. The van der Waals surface area contributed by atoms with Crippen LogP contribution in [0.2, 0.25) is 0 Å². The van der Waals surface area contributed by atoms with Crippen molar-refractivity contribution in [3.05, 3.63) is 53.8 Å². The predicted octanol–water partition coefficient (Wildman–Crippen LogP) is 4.48. The van der Waals surface area contributed by atoms with E-state index in [2.05, 4.69) is 32.4 Å². The summed E-state index contributed by atoms with van der Waals surface area (Å²) in [4.78, 5) is 28.1. The van der Waals surface area contributed by atoms with Gasteiger partial charge in [0.05, 0.1) is 23.6 Å². The van der Waals surface area contributed by atoms with E-state index < -0.39 is 12.0 Å². The predicted molar refractivity (Wildman–Crippen MR) is 140 cm³/mol. The van der Waals surface area contributed by atoms with Crippen LogP contribution in [0.5, 0.6) is 0 Å².